The molecule has 0 amide bonds. The molecule has 38 valence electrons. The zero-order valence-electron chi connectivity index (χ0n) is 4.26. The van der Waals surface area contributed by atoms with Crippen molar-refractivity contribution in [1.82, 2.24) is 0 Å². The van der Waals surface area contributed by atoms with E-state index in [9.17, 15) is 0 Å². The molecule has 0 spiro atoms. The smallest absolute Gasteiger partial charge is 0.0280 e. The summed E-state index contributed by atoms with van der Waals surface area (Å²) in [5, 5.41) is 3.86. The van der Waals surface area contributed by atoms with Crippen molar-refractivity contribution in [2.75, 3.05) is 6.67 Å². The molecule has 0 aliphatic carbocycles. The Bertz CT molecular complexity index is 113. The lowest BCUT2D eigenvalue weighted by Crippen LogP contribution is -1.91. The molecular weight excluding hydrogens is 88.1 g/mol. The van der Waals surface area contributed by atoms with Crippen LogP contribution in [-0.2, 0) is 0 Å². The molecule has 0 saturated carbocycles. The Kier molecular flexibility index (Phi) is 1.11. The van der Waals surface area contributed by atoms with Crippen LogP contribution < -0.4 is 0 Å². The van der Waals surface area contributed by atoms with Crippen LogP contribution in [0, 0.1) is 0 Å². The van der Waals surface area contributed by atoms with Gasteiger partial charge in [0.25, 0.3) is 0 Å². The van der Waals surface area contributed by atoms with E-state index in [1.54, 1.807) is 6.20 Å². The van der Waals surface area contributed by atoms with Crippen molar-refractivity contribution < 1.29 is 0 Å². The van der Waals surface area contributed by atoms with Gasteiger partial charge < -0.3 is 10.3 Å². The van der Waals surface area contributed by atoms with Crippen molar-refractivity contribution in [2.45, 2.75) is 6.92 Å². The van der Waals surface area contributed by atoms with Crippen LogP contribution in [0.4, 0.5) is 0 Å². The van der Waals surface area contributed by atoms with E-state index in [0.29, 0.717) is 6.67 Å². The summed E-state index contributed by atoms with van der Waals surface area (Å²) in [6.45, 7) is 2.58. The zero-order valence-corrected chi connectivity index (χ0v) is 4.26. The number of hydrogen-bond acceptors (Lipinski definition) is 1. The lowest BCUT2D eigenvalue weighted by Gasteiger charge is -2.14. The van der Waals surface area contributed by atoms with Crippen molar-refractivity contribution in [3.05, 3.63) is 17.6 Å². The van der Waals surface area contributed by atoms with Gasteiger partial charge in [-0.2, -0.15) is 6.20 Å². The minimum atomic E-state index is 0.613. The Morgan fingerprint density at radius 1 is 1.86 bits per heavy atom. The lowest BCUT2D eigenvalue weighted by molar-refractivity contribution is 1.18. The molecule has 0 saturated heterocycles. The predicted octanol–water partition coefficient (Wildman–Crippen LogP) is 1.31. The third kappa shape index (κ3) is 1.03. The largest absolute Gasteiger partial charge is 0.672 e. The van der Waals surface area contributed by atoms with Gasteiger partial charge in [0, 0.05) is 5.71 Å². The summed E-state index contributed by atoms with van der Waals surface area (Å²) < 4.78 is 0. The monoisotopic (exact) mass is 95.1 g/mol. The summed E-state index contributed by atoms with van der Waals surface area (Å²) in [6.07, 6.45) is 3.67. The standard InChI is InChI=1S/C5H7N2/c1-5-2-3-6-4-7-5/h2-3H,4H2,1H3/q-1. The van der Waals surface area contributed by atoms with Crippen LogP contribution in [0.5, 0.6) is 0 Å². The van der Waals surface area contributed by atoms with Gasteiger partial charge in [0.1, 0.15) is 0 Å². The average Bonchev–Trinajstić information content (AvgIpc) is 1.69. The van der Waals surface area contributed by atoms with Crippen molar-refractivity contribution in [2.24, 2.45) is 4.99 Å². The summed E-state index contributed by atoms with van der Waals surface area (Å²) in [7, 11) is 0. The third-order valence-corrected chi connectivity index (χ3v) is 0.823. The van der Waals surface area contributed by atoms with Crippen molar-refractivity contribution in [3.8, 4) is 0 Å². The first-order valence-electron chi connectivity index (χ1n) is 2.24. The van der Waals surface area contributed by atoms with Crippen molar-refractivity contribution in [1.29, 1.82) is 0 Å². The number of hydrogen-bond donors (Lipinski definition) is 0. The highest BCUT2D eigenvalue weighted by Crippen LogP contribution is 1.96. The van der Waals surface area contributed by atoms with E-state index in [1.165, 1.54) is 0 Å². The molecule has 2 nitrogen and oxygen atoms in total. The summed E-state index contributed by atoms with van der Waals surface area (Å²) in [6, 6.07) is 0. The minimum Gasteiger partial charge on any atom is -0.672 e. The van der Waals surface area contributed by atoms with Crippen LogP contribution in [0.25, 0.3) is 5.32 Å². The summed E-state index contributed by atoms with van der Waals surface area (Å²) in [5.41, 5.74) is 1.06. The van der Waals surface area contributed by atoms with Crippen LogP contribution in [0.15, 0.2) is 17.3 Å². The molecule has 1 aliphatic heterocycles. The van der Waals surface area contributed by atoms with E-state index >= 15 is 0 Å². The molecule has 1 rings (SSSR count). The lowest BCUT2D eigenvalue weighted by atomic mass is 10.4. The second-order valence-corrected chi connectivity index (χ2v) is 1.44. The van der Waals surface area contributed by atoms with E-state index in [0.717, 1.165) is 5.71 Å². The van der Waals surface area contributed by atoms with Crippen LogP contribution in [0.1, 0.15) is 6.92 Å². The summed E-state index contributed by atoms with van der Waals surface area (Å²) in [4.78, 5) is 3.99. The van der Waals surface area contributed by atoms with Gasteiger partial charge >= 0.3 is 0 Å². The number of rotatable bonds is 0. The molecule has 1 aliphatic rings. The van der Waals surface area contributed by atoms with E-state index in [-0.39, 0.29) is 0 Å². The first-order chi connectivity index (χ1) is 3.39. The van der Waals surface area contributed by atoms with Gasteiger partial charge in [-0.1, -0.05) is 6.08 Å². The van der Waals surface area contributed by atoms with Gasteiger partial charge in [0.05, 0.1) is 0 Å². The van der Waals surface area contributed by atoms with E-state index < -0.39 is 0 Å². The normalized spacial score (nSPS) is 18.1. The van der Waals surface area contributed by atoms with E-state index in [1.807, 2.05) is 13.0 Å². The Morgan fingerprint density at radius 3 is 3.00 bits per heavy atom. The molecule has 0 radical (unpaired) electrons. The molecule has 2 heteroatoms. The summed E-state index contributed by atoms with van der Waals surface area (Å²) >= 11 is 0. The highest BCUT2D eigenvalue weighted by atomic mass is 15.0. The molecule has 0 N–H and O–H groups in total. The average molecular weight is 95.1 g/mol. The molecule has 0 unspecified atom stereocenters. The second-order valence-electron chi connectivity index (χ2n) is 1.44. The van der Waals surface area contributed by atoms with E-state index in [4.69, 9.17) is 0 Å². The molecule has 1 heterocycles. The molecule has 0 aromatic heterocycles. The van der Waals surface area contributed by atoms with Crippen LogP contribution in [-0.4, -0.2) is 12.4 Å². The van der Waals surface area contributed by atoms with Crippen molar-refractivity contribution in [3.63, 3.8) is 0 Å². The summed E-state index contributed by atoms with van der Waals surface area (Å²) in [5.74, 6) is 0. The van der Waals surface area contributed by atoms with Crippen LogP contribution >= 0.6 is 0 Å². The first kappa shape index (κ1) is 4.37. The molecule has 0 aromatic rings. The van der Waals surface area contributed by atoms with Gasteiger partial charge in [0.2, 0.25) is 0 Å². The predicted molar refractivity (Wildman–Crippen MR) is 30.5 cm³/mol. The first-order valence-corrected chi connectivity index (χ1v) is 2.24. The highest BCUT2D eigenvalue weighted by molar-refractivity contribution is 5.93. The third-order valence-electron chi connectivity index (χ3n) is 0.823. The maximum Gasteiger partial charge on any atom is 0.0280 e. The second kappa shape index (κ2) is 1.78. The van der Waals surface area contributed by atoms with Gasteiger partial charge in [-0.15, -0.1) is 0 Å². The van der Waals surface area contributed by atoms with Gasteiger partial charge in [-0.3, -0.25) is 0 Å². The van der Waals surface area contributed by atoms with Gasteiger partial charge in [-0.05, 0) is 13.6 Å². The molecular formula is C5H7N2-. The number of nitrogens with zero attached hydrogens (tertiary/aromatic N) is 2. The molecule has 0 bridgehead atoms. The van der Waals surface area contributed by atoms with Crippen molar-refractivity contribution >= 4 is 5.71 Å². The maximum absolute atomic E-state index is 3.99. The maximum atomic E-state index is 3.99. The fourth-order valence-corrected chi connectivity index (χ4v) is 0.413. The number of allylic oxidation sites excluding steroid dienone is 1. The minimum absolute atomic E-state index is 0.613. The molecule has 7 heavy (non-hydrogen) atoms. The number of aliphatic imine (C=N–C) groups is 1. The van der Waals surface area contributed by atoms with Crippen LogP contribution in [0.3, 0.4) is 0 Å². The Labute approximate surface area is 42.9 Å². The molecule has 0 aromatic carbocycles. The Morgan fingerprint density at radius 2 is 2.71 bits per heavy atom. The quantitative estimate of drug-likeness (QED) is 0.433. The Hall–Kier alpha value is -0.790. The SMILES string of the molecule is CC1=NC[N-]C=C1. The van der Waals surface area contributed by atoms with Crippen LogP contribution in [0.2, 0.25) is 0 Å². The molecule has 0 fully saturated rings. The highest BCUT2D eigenvalue weighted by Gasteiger charge is 1.77. The topological polar surface area (TPSA) is 26.5 Å². The van der Waals surface area contributed by atoms with E-state index in [2.05, 4.69) is 10.3 Å². The zero-order chi connectivity index (χ0) is 5.11. The fraction of sp³-hybridized carbons (Fsp3) is 0.400. The van der Waals surface area contributed by atoms with Gasteiger partial charge in [0.15, 0.2) is 0 Å². The van der Waals surface area contributed by atoms with Gasteiger partial charge in [-0.25, -0.2) is 0 Å². The fourth-order valence-electron chi connectivity index (χ4n) is 0.413. The Balaban J connectivity index is 2.58. The molecule has 0 atom stereocenters.